The van der Waals surface area contributed by atoms with Crippen LogP contribution in [0.25, 0.3) is 0 Å². The van der Waals surface area contributed by atoms with Crippen molar-refractivity contribution in [3.63, 3.8) is 0 Å². The van der Waals surface area contributed by atoms with E-state index in [0.717, 1.165) is 16.3 Å². The van der Waals surface area contributed by atoms with E-state index in [0.29, 0.717) is 16.5 Å². The highest BCUT2D eigenvalue weighted by atomic mass is 32.2. The first-order valence-corrected chi connectivity index (χ1v) is 10.3. The molecule has 0 aliphatic carbocycles. The van der Waals surface area contributed by atoms with Crippen LogP contribution < -0.4 is 16.0 Å². The van der Waals surface area contributed by atoms with Gasteiger partial charge in [-0.2, -0.15) is 0 Å². The number of para-hydroxylation sites is 1. The first kappa shape index (κ1) is 21.3. The molecule has 0 radical (unpaired) electrons. The molecule has 1 aromatic heterocycles. The number of rotatable bonds is 7. The van der Waals surface area contributed by atoms with Crippen LogP contribution in [0.15, 0.2) is 70.7 Å². The van der Waals surface area contributed by atoms with Crippen LogP contribution in [0.5, 0.6) is 0 Å². The number of anilines is 2. The van der Waals surface area contributed by atoms with Crippen molar-refractivity contribution in [3.05, 3.63) is 72.1 Å². The van der Waals surface area contributed by atoms with Gasteiger partial charge in [-0.05, 0) is 68.1 Å². The number of carbonyl (C=O) groups excluding carboxylic acids is 2. The maximum Gasteiger partial charge on any atom is 0.319 e. The lowest BCUT2D eigenvalue weighted by Gasteiger charge is -2.09. The lowest BCUT2D eigenvalue weighted by molar-refractivity contribution is -0.116. The number of nitrogens with one attached hydrogen (secondary N) is 3. The number of nitrogens with zero attached hydrogens (tertiary/aromatic N) is 2. The van der Waals surface area contributed by atoms with Gasteiger partial charge in [-0.1, -0.05) is 18.2 Å². The van der Waals surface area contributed by atoms with Crippen molar-refractivity contribution in [2.45, 2.75) is 30.3 Å². The molecule has 0 atom stereocenters. The molecular weight excluding hydrogens is 398 g/mol. The Labute approximate surface area is 179 Å². The number of amides is 3. The molecule has 3 rings (SSSR count). The van der Waals surface area contributed by atoms with E-state index in [4.69, 9.17) is 0 Å². The smallest absolute Gasteiger partial charge is 0.319 e. The fourth-order valence-corrected chi connectivity index (χ4v) is 3.52. The molecular formula is C22H23N5O2S. The molecule has 0 bridgehead atoms. The zero-order valence-corrected chi connectivity index (χ0v) is 17.6. The van der Waals surface area contributed by atoms with E-state index in [1.807, 2.05) is 62.4 Å². The third kappa shape index (κ3) is 6.89. The van der Waals surface area contributed by atoms with Crippen molar-refractivity contribution >= 4 is 35.1 Å². The fourth-order valence-electron chi connectivity index (χ4n) is 2.66. The first-order chi connectivity index (χ1) is 14.5. The average molecular weight is 422 g/mol. The van der Waals surface area contributed by atoms with Crippen LogP contribution in [0.4, 0.5) is 16.2 Å². The van der Waals surface area contributed by atoms with Crippen LogP contribution in [0.2, 0.25) is 0 Å². The van der Waals surface area contributed by atoms with E-state index >= 15 is 0 Å². The van der Waals surface area contributed by atoms with Crippen LogP contribution in [0.1, 0.15) is 17.8 Å². The van der Waals surface area contributed by atoms with E-state index < -0.39 is 0 Å². The van der Waals surface area contributed by atoms with Gasteiger partial charge < -0.3 is 16.0 Å². The Morgan fingerprint density at radius 2 is 1.50 bits per heavy atom. The summed E-state index contributed by atoms with van der Waals surface area (Å²) in [6.45, 7) is 4.12. The van der Waals surface area contributed by atoms with Gasteiger partial charge in [0.05, 0.1) is 0 Å². The number of urea groups is 1. The van der Waals surface area contributed by atoms with Crippen LogP contribution in [-0.4, -0.2) is 28.5 Å². The van der Waals surface area contributed by atoms with Gasteiger partial charge in [0.15, 0.2) is 5.16 Å². The van der Waals surface area contributed by atoms with Gasteiger partial charge >= 0.3 is 6.03 Å². The van der Waals surface area contributed by atoms with Crippen molar-refractivity contribution in [1.82, 2.24) is 15.3 Å². The van der Waals surface area contributed by atoms with Gasteiger partial charge in [0.2, 0.25) is 5.91 Å². The third-order valence-electron chi connectivity index (χ3n) is 3.98. The SMILES string of the molecule is Cc1cc(C)nc(Sc2ccc(NC(=O)CCNC(=O)Nc3ccccc3)cc2)n1. The number of aryl methyl sites for hydroxylation is 2. The van der Waals surface area contributed by atoms with Crippen molar-refractivity contribution in [3.8, 4) is 0 Å². The van der Waals surface area contributed by atoms with Gasteiger partial charge in [0.1, 0.15) is 0 Å². The minimum Gasteiger partial charge on any atom is -0.337 e. The normalized spacial score (nSPS) is 10.3. The summed E-state index contributed by atoms with van der Waals surface area (Å²) < 4.78 is 0. The van der Waals surface area contributed by atoms with Crippen molar-refractivity contribution in [1.29, 1.82) is 0 Å². The predicted octanol–water partition coefficient (Wildman–Crippen LogP) is 4.39. The highest BCUT2D eigenvalue weighted by Crippen LogP contribution is 2.26. The topological polar surface area (TPSA) is 96.0 Å². The molecule has 8 heteroatoms. The number of aromatic nitrogens is 2. The minimum atomic E-state index is -0.344. The summed E-state index contributed by atoms with van der Waals surface area (Å²) in [6, 6.07) is 18.2. The van der Waals surface area contributed by atoms with Crippen LogP contribution in [0.3, 0.4) is 0 Å². The van der Waals surface area contributed by atoms with Crippen molar-refractivity contribution < 1.29 is 9.59 Å². The Morgan fingerprint density at radius 1 is 0.867 bits per heavy atom. The zero-order valence-electron chi connectivity index (χ0n) is 16.8. The van der Waals surface area contributed by atoms with E-state index in [1.165, 1.54) is 11.8 Å². The van der Waals surface area contributed by atoms with E-state index in [-0.39, 0.29) is 24.9 Å². The fraction of sp³-hybridized carbons (Fsp3) is 0.182. The molecule has 154 valence electrons. The summed E-state index contributed by atoms with van der Waals surface area (Å²) >= 11 is 1.47. The number of benzene rings is 2. The summed E-state index contributed by atoms with van der Waals surface area (Å²) in [5, 5.41) is 8.89. The van der Waals surface area contributed by atoms with Gasteiger partial charge in [-0.15, -0.1) is 0 Å². The van der Waals surface area contributed by atoms with Crippen molar-refractivity contribution in [2.75, 3.05) is 17.2 Å². The predicted molar refractivity (Wildman–Crippen MR) is 119 cm³/mol. The molecule has 7 nitrogen and oxygen atoms in total. The molecule has 0 saturated heterocycles. The van der Waals surface area contributed by atoms with E-state index in [9.17, 15) is 9.59 Å². The maximum atomic E-state index is 12.1. The Morgan fingerprint density at radius 3 is 2.17 bits per heavy atom. The molecule has 0 spiro atoms. The molecule has 3 aromatic rings. The van der Waals surface area contributed by atoms with E-state index in [2.05, 4.69) is 25.9 Å². The Bertz CT molecular complexity index is 990. The average Bonchev–Trinajstić information content (AvgIpc) is 2.69. The number of hydrogen-bond donors (Lipinski definition) is 3. The van der Waals surface area contributed by atoms with Gasteiger partial charge in [0.25, 0.3) is 0 Å². The largest absolute Gasteiger partial charge is 0.337 e. The summed E-state index contributed by atoms with van der Waals surface area (Å²) in [7, 11) is 0. The maximum absolute atomic E-state index is 12.1. The highest BCUT2D eigenvalue weighted by molar-refractivity contribution is 7.99. The summed E-state index contributed by atoms with van der Waals surface area (Å²) in [5.41, 5.74) is 3.25. The number of hydrogen-bond acceptors (Lipinski definition) is 5. The standard InChI is InChI=1S/C22H23N5O2S/c1-15-14-16(2)25-22(24-15)30-19-10-8-18(9-11-19)26-20(28)12-13-23-21(29)27-17-6-4-3-5-7-17/h3-11,14H,12-13H2,1-2H3,(H,26,28)(H2,23,27,29). The molecule has 30 heavy (non-hydrogen) atoms. The van der Waals surface area contributed by atoms with Gasteiger partial charge in [-0.3, -0.25) is 4.79 Å². The molecule has 2 aromatic carbocycles. The zero-order chi connectivity index (χ0) is 21.3. The quantitative estimate of drug-likeness (QED) is 0.492. The summed E-state index contributed by atoms with van der Waals surface area (Å²) in [5.74, 6) is -0.173. The molecule has 0 saturated carbocycles. The number of carbonyl (C=O) groups is 2. The lowest BCUT2D eigenvalue weighted by Crippen LogP contribution is -2.31. The lowest BCUT2D eigenvalue weighted by atomic mass is 10.3. The van der Waals surface area contributed by atoms with E-state index in [1.54, 1.807) is 12.1 Å². The Kier molecular flexibility index (Phi) is 7.40. The highest BCUT2D eigenvalue weighted by Gasteiger charge is 2.06. The minimum absolute atomic E-state index is 0.173. The second-order valence-electron chi connectivity index (χ2n) is 6.60. The Hall–Kier alpha value is -3.39. The molecule has 0 aliphatic rings. The molecule has 0 unspecified atom stereocenters. The molecule has 0 fully saturated rings. The van der Waals surface area contributed by atoms with Gasteiger partial charge in [-0.25, -0.2) is 14.8 Å². The van der Waals surface area contributed by atoms with Crippen LogP contribution in [0, 0.1) is 13.8 Å². The first-order valence-electron chi connectivity index (χ1n) is 9.48. The molecule has 3 N–H and O–H groups in total. The summed E-state index contributed by atoms with van der Waals surface area (Å²) in [6.07, 6.45) is 0.176. The Balaban J connectivity index is 1.42. The molecule has 0 aliphatic heterocycles. The van der Waals surface area contributed by atoms with Crippen molar-refractivity contribution in [2.24, 2.45) is 0 Å². The monoisotopic (exact) mass is 421 g/mol. The second-order valence-corrected chi connectivity index (χ2v) is 7.65. The molecule has 3 amide bonds. The third-order valence-corrected chi connectivity index (χ3v) is 4.85. The second kappa shape index (κ2) is 10.4. The van der Waals surface area contributed by atoms with Crippen LogP contribution in [-0.2, 0) is 4.79 Å². The van der Waals surface area contributed by atoms with Gasteiger partial charge in [0, 0.05) is 40.6 Å². The molecule has 1 heterocycles. The summed E-state index contributed by atoms with van der Waals surface area (Å²) in [4.78, 5) is 33.7. The van der Waals surface area contributed by atoms with Crippen LogP contribution >= 0.6 is 11.8 Å².